The van der Waals surface area contributed by atoms with Gasteiger partial charge in [0.25, 0.3) is 10.0 Å². The molecule has 1 aromatic rings. The number of nitrogen functional groups attached to an aromatic ring is 1. The van der Waals surface area contributed by atoms with E-state index < -0.39 is 10.0 Å². The number of nitrogens with one attached hydrogen (secondary N) is 1. The molecule has 0 unspecified atom stereocenters. The highest BCUT2D eigenvalue weighted by Crippen LogP contribution is 2.16. The predicted molar refractivity (Wildman–Crippen MR) is 69.8 cm³/mol. The molecule has 9 heteroatoms. The summed E-state index contributed by atoms with van der Waals surface area (Å²) in [4.78, 5) is 2.34. The Morgan fingerprint density at radius 3 is 2.67 bits per heavy atom. The highest BCUT2D eigenvalue weighted by atomic mass is 32.2. The van der Waals surface area contributed by atoms with Crippen molar-refractivity contribution in [1.82, 2.24) is 19.8 Å². The zero-order valence-electron chi connectivity index (χ0n) is 10.0. The topological polar surface area (TPSA) is 101 Å². The van der Waals surface area contributed by atoms with Gasteiger partial charge in [-0.25, -0.2) is 13.1 Å². The Kier molecular flexibility index (Phi) is 4.49. The quantitative estimate of drug-likeness (QED) is 0.709. The molecule has 1 aliphatic heterocycles. The van der Waals surface area contributed by atoms with E-state index in [1.807, 2.05) is 0 Å². The average molecular weight is 291 g/mol. The van der Waals surface area contributed by atoms with E-state index in [-0.39, 0.29) is 9.47 Å². The van der Waals surface area contributed by atoms with Gasteiger partial charge >= 0.3 is 0 Å². The Balaban J connectivity index is 1.75. The SMILES string of the molecule is Nc1nnc(S(=O)(=O)NCCCN2CCCC2)s1. The molecule has 1 aromatic heterocycles. The fourth-order valence-electron chi connectivity index (χ4n) is 1.91. The summed E-state index contributed by atoms with van der Waals surface area (Å²) in [7, 11) is -3.54. The molecular weight excluding hydrogens is 274 g/mol. The lowest BCUT2D eigenvalue weighted by atomic mass is 10.4. The molecule has 0 radical (unpaired) electrons. The molecule has 0 aromatic carbocycles. The third kappa shape index (κ3) is 3.61. The number of sulfonamides is 1. The van der Waals surface area contributed by atoms with Gasteiger partial charge in [0, 0.05) is 6.54 Å². The maximum atomic E-state index is 11.8. The third-order valence-electron chi connectivity index (χ3n) is 2.79. The van der Waals surface area contributed by atoms with Crippen LogP contribution in [0, 0.1) is 0 Å². The summed E-state index contributed by atoms with van der Waals surface area (Å²) in [6, 6.07) is 0. The average Bonchev–Trinajstić information content (AvgIpc) is 2.95. The van der Waals surface area contributed by atoms with Gasteiger partial charge < -0.3 is 10.6 Å². The fourth-order valence-corrected chi connectivity index (χ4v) is 3.80. The van der Waals surface area contributed by atoms with E-state index in [0.29, 0.717) is 6.54 Å². The highest BCUT2D eigenvalue weighted by Gasteiger charge is 2.19. The second kappa shape index (κ2) is 5.91. The van der Waals surface area contributed by atoms with Gasteiger partial charge in [0.1, 0.15) is 0 Å². The van der Waals surface area contributed by atoms with Crippen LogP contribution >= 0.6 is 11.3 Å². The molecule has 1 fully saturated rings. The minimum Gasteiger partial charge on any atom is -0.374 e. The molecule has 1 aliphatic rings. The Morgan fingerprint density at radius 1 is 1.33 bits per heavy atom. The molecule has 2 heterocycles. The number of likely N-dealkylation sites (tertiary alicyclic amines) is 1. The number of nitrogens with zero attached hydrogens (tertiary/aromatic N) is 3. The molecule has 18 heavy (non-hydrogen) atoms. The molecule has 0 saturated carbocycles. The van der Waals surface area contributed by atoms with Gasteiger partial charge in [-0.05, 0) is 38.9 Å². The van der Waals surface area contributed by atoms with Gasteiger partial charge in [0.2, 0.25) is 9.47 Å². The third-order valence-corrected chi connectivity index (χ3v) is 5.37. The van der Waals surface area contributed by atoms with Gasteiger partial charge in [-0.15, -0.1) is 10.2 Å². The van der Waals surface area contributed by atoms with E-state index in [0.717, 1.165) is 37.4 Å². The van der Waals surface area contributed by atoms with Crippen LogP contribution < -0.4 is 10.5 Å². The number of rotatable bonds is 6. The summed E-state index contributed by atoms with van der Waals surface area (Å²) in [6.07, 6.45) is 3.29. The van der Waals surface area contributed by atoms with E-state index in [2.05, 4.69) is 19.8 Å². The van der Waals surface area contributed by atoms with Gasteiger partial charge in [-0.1, -0.05) is 11.3 Å². The van der Waals surface area contributed by atoms with Crippen LogP contribution in [0.5, 0.6) is 0 Å². The van der Waals surface area contributed by atoms with Gasteiger partial charge in [-0.2, -0.15) is 0 Å². The van der Waals surface area contributed by atoms with E-state index in [1.54, 1.807) is 0 Å². The van der Waals surface area contributed by atoms with Crippen molar-refractivity contribution in [3.63, 3.8) is 0 Å². The van der Waals surface area contributed by atoms with Gasteiger partial charge in [-0.3, -0.25) is 0 Å². The first-order chi connectivity index (χ1) is 8.58. The molecule has 102 valence electrons. The van der Waals surface area contributed by atoms with E-state index in [4.69, 9.17) is 5.73 Å². The van der Waals surface area contributed by atoms with Crippen LogP contribution in [-0.2, 0) is 10.0 Å². The minimum absolute atomic E-state index is 0.0684. The molecule has 0 spiro atoms. The van der Waals surface area contributed by atoms with Crippen LogP contribution in [0.15, 0.2) is 4.34 Å². The summed E-state index contributed by atoms with van der Waals surface area (Å²) in [5.41, 5.74) is 5.36. The highest BCUT2D eigenvalue weighted by molar-refractivity contribution is 7.91. The predicted octanol–water partition coefficient (Wildman–Crippen LogP) is -0.116. The molecule has 0 atom stereocenters. The lowest BCUT2D eigenvalue weighted by Gasteiger charge is -2.13. The lowest BCUT2D eigenvalue weighted by Crippen LogP contribution is -2.28. The first-order valence-electron chi connectivity index (χ1n) is 5.89. The van der Waals surface area contributed by atoms with Crippen LogP contribution in [0.25, 0.3) is 0 Å². The van der Waals surface area contributed by atoms with Crippen LogP contribution in [0.2, 0.25) is 0 Å². The van der Waals surface area contributed by atoms with Crippen molar-refractivity contribution in [1.29, 1.82) is 0 Å². The second-order valence-electron chi connectivity index (χ2n) is 4.21. The van der Waals surface area contributed by atoms with Crippen molar-refractivity contribution in [3.8, 4) is 0 Å². The number of hydrogen-bond acceptors (Lipinski definition) is 7. The Hall–Kier alpha value is -0.770. The zero-order chi connectivity index (χ0) is 13.0. The van der Waals surface area contributed by atoms with Crippen molar-refractivity contribution in [2.45, 2.75) is 23.6 Å². The monoisotopic (exact) mass is 291 g/mol. The van der Waals surface area contributed by atoms with Crippen LogP contribution in [0.1, 0.15) is 19.3 Å². The maximum absolute atomic E-state index is 11.8. The zero-order valence-corrected chi connectivity index (χ0v) is 11.6. The molecule has 0 amide bonds. The number of nitrogens with two attached hydrogens (primary N) is 1. The first-order valence-corrected chi connectivity index (χ1v) is 8.19. The van der Waals surface area contributed by atoms with Crippen LogP contribution in [-0.4, -0.2) is 49.7 Å². The molecule has 3 N–H and O–H groups in total. The molecular formula is C9H17N5O2S2. The summed E-state index contributed by atoms with van der Waals surface area (Å²) < 4.78 is 26.0. The summed E-state index contributed by atoms with van der Waals surface area (Å²) >= 11 is 0.873. The Morgan fingerprint density at radius 2 is 2.06 bits per heavy atom. The summed E-state index contributed by atoms with van der Waals surface area (Å²) in [6.45, 7) is 3.60. The number of hydrogen-bond donors (Lipinski definition) is 2. The molecule has 2 rings (SSSR count). The molecule has 1 saturated heterocycles. The van der Waals surface area contributed by atoms with E-state index in [1.165, 1.54) is 12.8 Å². The molecule has 0 bridgehead atoms. The lowest BCUT2D eigenvalue weighted by molar-refractivity contribution is 0.334. The van der Waals surface area contributed by atoms with Crippen molar-refractivity contribution in [2.75, 3.05) is 31.9 Å². The standard InChI is InChI=1S/C9H17N5O2S2/c10-8-12-13-9(17-8)18(15,16)11-4-3-7-14-5-1-2-6-14/h11H,1-7H2,(H2,10,12). The van der Waals surface area contributed by atoms with Crippen LogP contribution in [0.3, 0.4) is 0 Å². The fraction of sp³-hybridized carbons (Fsp3) is 0.778. The van der Waals surface area contributed by atoms with Crippen molar-refractivity contribution in [2.24, 2.45) is 0 Å². The van der Waals surface area contributed by atoms with E-state index >= 15 is 0 Å². The number of anilines is 1. The summed E-state index contributed by atoms with van der Waals surface area (Å²) in [5, 5.41) is 7.18. The van der Waals surface area contributed by atoms with Crippen LogP contribution in [0.4, 0.5) is 5.13 Å². The largest absolute Gasteiger partial charge is 0.374 e. The Labute approximate surface area is 110 Å². The van der Waals surface area contributed by atoms with Crippen molar-refractivity contribution in [3.05, 3.63) is 0 Å². The minimum atomic E-state index is -3.54. The first kappa shape index (κ1) is 13.7. The second-order valence-corrected chi connectivity index (χ2v) is 7.16. The maximum Gasteiger partial charge on any atom is 0.269 e. The smallest absolute Gasteiger partial charge is 0.269 e. The normalized spacial score (nSPS) is 17.3. The Bertz CT molecular complexity index is 481. The summed E-state index contributed by atoms with van der Waals surface area (Å²) in [5.74, 6) is 0. The number of aromatic nitrogens is 2. The van der Waals surface area contributed by atoms with Crippen molar-refractivity contribution < 1.29 is 8.42 Å². The molecule has 7 nitrogen and oxygen atoms in total. The van der Waals surface area contributed by atoms with Gasteiger partial charge in [0.15, 0.2) is 0 Å². The van der Waals surface area contributed by atoms with Gasteiger partial charge in [0.05, 0.1) is 0 Å². The van der Waals surface area contributed by atoms with Crippen molar-refractivity contribution >= 4 is 26.5 Å². The van der Waals surface area contributed by atoms with E-state index in [9.17, 15) is 8.42 Å². The molecule has 0 aliphatic carbocycles.